The second-order valence-corrected chi connectivity index (χ2v) is 6.03. The van der Waals surface area contributed by atoms with E-state index in [0.717, 1.165) is 15.9 Å². The summed E-state index contributed by atoms with van der Waals surface area (Å²) in [6.07, 6.45) is 2.17. The molecule has 1 fully saturated rings. The first kappa shape index (κ1) is 16.0. The van der Waals surface area contributed by atoms with Crippen LogP contribution in [0.1, 0.15) is 50.2 Å². The van der Waals surface area contributed by atoms with Crippen molar-refractivity contribution in [3.8, 4) is 0 Å². The van der Waals surface area contributed by atoms with Crippen molar-refractivity contribution >= 4 is 11.9 Å². The van der Waals surface area contributed by atoms with Crippen molar-refractivity contribution in [2.24, 2.45) is 0 Å². The van der Waals surface area contributed by atoms with Crippen molar-refractivity contribution < 1.29 is 29.2 Å². The third-order valence-corrected chi connectivity index (χ3v) is 4.39. The van der Waals surface area contributed by atoms with Gasteiger partial charge in [-0.25, -0.2) is 4.79 Å². The predicted octanol–water partition coefficient (Wildman–Crippen LogP) is 1.14. The van der Waals surface area contributed by atoms with Gasteiger partial charge in [0.25, 0.3) is 0 Å². The van der Waals surface area contributed by atoms with E-state index in [2.05, 4.69) is 5.16 Å². The van der Waals surface area contributed by atoms with Crippen molar-refractivity contribution in [1.29, 1.82) is 0 Å². The number of aromatic carboxylic acids is 1. The van der Waals surface area contributed by atoms with E-state index in [1.165, 1.54) is 12.3 Å². The molecular formula is C16H18N3O5+. The number of aromatic nitrogens is 2. The molecule has 2 N–H and O–H groups in total. The predicted molar refractivity (Wildman–Crippen MR) is 80.0 cm³/mol. The zero-order chi connectivity index (χ0) is 17.4. The molecule has 8 nitrogen and oxygen atoms in total. The Kier molecular flexibility index (Phi) is 3.96. The second kappa shape index (κ2) is 5.95. The maximum atomic E-state index is 12.6. The van der Waals surface area contributed by atoms with Crippen molar-refractivity contribution in [2.75, 3.05) is 13.1 Å². The number of carboxylic acid groups (broad SMARTS) is 1. The lowest BCUT2D eigenvalue weighted by atomic mass is 10.1. The number of aryl methyl sites for hydroxylation is 2. The molecule has 2 aromatic rings. The molecular weight excluding hydrogens is 314 g/mol. The minimum atomic E-state index is -1.17. The molecule has 1 aliphatic heterocycles. The van der Waals surface area contributed by atoms with Gasteiger partial charge >= 0.3 is 17.6 Å². The summed E-state index contributed by atoms with van der Waals surface area (Å²) in [6.45, 7) is 4.64. The van der Waals surface area contributed by atoms with E-state index in [9.17, 15) is 14.8 Å². The topological polar surface area (TPSA) is 108 Å². The Labute approximate surface area is 137 Å². The molecule has 0 aliphatic carbocycles. The summed E-state index contributed by atoms with van der Waals surface area (Å²) in [4.78, 5) is 25.1. The molecule has 0 saturated carbocycles. The van der Waals surface area contributed by atoms with Crippen molar-refractivity contribution in [3.05, 3.63) is 46.6 Å². The van der Waals surface area contributed by atoms with Crippen molar-refractivity contribution in [3.63, 3.8) is 0 Å². The fourth-order valence-electron chi connectivity index (χ4n) is 2.83. The number of pyridine rings is 1. The molecule has 0 unspecified atom stereocenters. The van der Waals surface area contributed by atoms with E-state index in [-0.39, 0.29) is 23.3 Å². The van der Waals surface area contributed by atoms with Crippen LogP contribution in [0.4, 0.5) is 0 Å². The molecule has 1 amide bonds. The van der Waals surface area contributed by atoms with Crippen LogP contribution in [0.2, 0.25) is 0 Å². The number of carbonyl (C=O) groups excluding carboxylic acids is 1. The average Bonchev–Trinajstić information content (AvgIpc) is 3.18. The lowest BCUT2D eigenvalue weighted by molar-refractivity contribution is -0.906. The van der Waals surface area contributed by atoms with Crippen LogP contribution < -0.4 is 4.73 Å². The standard InChI is InChI=1S/C16H17N3O5/c1-9-5-13(19(23)7-10(9)2)15(20)18-4-3-11(8-18)12-6-14(16(21)22)24-17-12/h5-7,11H,3-4,8H2,1-2H3,(H-,20,21,22,23)/p+1/t11-/m1/s1. The highest BCUT2D eigenvalue weighted by Crippen LogP contribution is 2.27. The summed E-state index contributed by atoms with van der Waals surface area (Å²) >= 11 is 0. The number of nitrogens with zero attached hydrogens (tertiary/aromatic N) is 3. The van der Waals surface area contributed by atoms with Gasteiger partial charge in [0.2, 0.25) is 12.0 Å². The Morgan fingerprint density at radius 3 is 2.75 bits per heavy atom. The Balaban J connectivity index is 1.76. The maximum absolute atomic E-state index is 12.6. The zero-order valence-corrected chi connectivity index (χ0v) is 13.4. The van der Waals surface area contributed by atoms with E-state index in [1.54, 1.807) is 11.0 Å². The van der Waals surface area contributed by atoms with E-state index in [0.29, 0.717) is 25.2 Å². The molecule has 0 radical (unpaired) electrons. The number of hydrogen-bond donors (Lipinski definition) is 2. The lowest BCUT2D eigenvalue weighted by Gasteiger charge is -2.14. The number of hydrogen-bond acceptors (Lipinski definition) is 5. The highest BCUT2D eigenvalue weighted by atomic mass is 16.5. The number of likely N-dealkylation sites (tertiary alicyclic amines) is 1. The summed E-state index contributed by atoms with van der Waals surface area (Å²) in [5.41, 5.74) is 2.53. The summed E-state index contributed by atoms with van der Waals surface area (Å²) in [6, 6.07) is 3.05. The van der Waals surface area contributed by atoms with Gasteiger partial charge in [-0.15, -0.1) is 0 Å². The van der Waals surface area contributed by atoms with Crippen LogP contribution in [-0.4, -0.2) is 45.3 Å². The Morgan fingerprint density at radius 2 is 2.08 bits per heavy atom. The number of carboxylic acids is 1. The highest BCUT2D eigenvalue weighted by Gasteiger charge is 2.34. The normalized spacial score (nSPS) is 17.2. The largest absolute Gasteiger partial charge is 0.475 e. The Morgan fingerprint density at radius 1 is 1.33 bits per heavy atom. The molecule has 0 spiro atoms. The minimum absolute atomic E-state index is 0.0792. The first-order valence-electron chi connectivity index (χ1n) is 7.58. The number of rotatable bonds is 3. The van der Waals surface area contributed by atoms with Crippen LogP contribution in [0.3, 0.4) is 0 Å². The zero-order valence-electron chi connectivity index (χ0n) is 13.4. The van der Waals surface area contributed by atoms with Gasteiger partial charge in [-0.05, 0) is 25.8 Å². The van der Waals surface area contributed by atoms with Gasteiger partial charge in [-0.3, -0.25) is 10.0 Å². The van der Waals surface area contributed by atoms with Crippen LogP contribution in [0.25, 0.3) is 0 Å². The van der Waals surface area contributed by atoms with E-state index < -0.39 is 5.97 Å². The van der Waals surface area contributed by atoms with Gasteiger partial charge in [0.1, 0.15) is 0 Å². The van der Waals surface area contributed by atoms with Crippen LogP contribution in [0, 0.1) is 13.8 Å². The smallest absolute Gasteiger partial charge is 0.374 e. The molecule has 2 aromatic heterocycles. The summed E-state index contributed by atoms with van der Waals surface area (Å²) < 4.78 is 5.61. The molecule has 24 heavy (non-hydrogen) atoms. The van der Waals surface area contributed by atoms with Crippen LogP contribution in [0.15, 0.2) is 22.9 Å². The van der Waals surface area contributed by atoms with Crippen LogP contribution in [-0.2, 0) is 0 Å². The van der Waals surface area contributed by atoms with Gasteiger partial charge in [0.15, 0.2) is 0 Å². The number of carbonyl (C=O) groups is 2. The SMILES string of the molecule is Cc1cc(C(=O)N2CC[C@@H](c3cc(C(=O)O)on3)C2)[n+](O)cc1C. The molecule has 3 heterocycles. The van der Waals surface area contributed by atoms with Gasteiger partial charge in [0.05, 0.1) is 5.69 Å². The van der Waals surface area contributed by atoms with Gasteiger partial charge in [0, 0.05) is 41.4 Å². The first-order chi connectivity index (χ1) is 11.4. The molecule has 126 valence electrons. The van der Waals surface area contributed by atoms with Gasteiger partial charge in [-0.2, -0.15) is 0 Å². The van der Waals surface area contributed by atoms with Crippen LogP contribution >= 0.6 is 0 Å². The second-order valence-electron chi connectivity index (χ2n) is 6.03. The minimum Gasteiger partial charge on any atom is -0.475 e. The molecule has 0 bridgehead atoms. The maximum Gasteiger partial charge on any atom is 0.374 e. The monoisotopic (exact) mass is 332 g/mol. The van der Waals surface area contributed by atoms with Crippen LogP contribution in [0.5, 0.6) is 0 Å². The van der Waals surface area contributed by atoms with E-state index >= 15 is 0 Å². The summed E-state index contributed by atoms with van der Waals surface area (Å²) in [5.74, 6) is -1.73. The van der Waals surface area contributed by atoms with Gasteiger partial charge in [-0.1, -0.05) is 5.16 Å². The average molecular weight is 332 g/mol. The van der Waals surface area contributed by atoms with Gasteiger partial charge < -0.3 is 14.5 Å². The molecule has 1 aliphatic rings. The third-order valence-electron chi connectivity index (χ3n) is 4.39. The first-order valence-corrected chi connectivity index (χ1v) is 7.58. The molecule has 1 atom stereocenters. The van der Waals surface area contributed by atoms with E-state index in [1.807, 2.05) is 13.8 Å². The molecule has 1 saturated heterocycles. The summed E-state index contributed by atoms with van der Waals surface area (Å²) in [7, 11) is 0. The fourth-order valence-corrected chi connectivity index (χ4v) is 2.83. The quantitative estimate of drug-likeness (QED) is 0.645. The molecule has 8 heteroatoms. The Bertz CT molecular complexity index is 814. The van der Waals surface area contributed by atoms with Crippen molar-refractivity contribution in [2.45, 2.75) is 26.2 Å². The fraction of sp³-hybridized carbons (Fsp3) is 0.375. The molecule has 3 rings (SSSR count). The third kappa shape index (κ3) is 2.82. The van der Waals surface area contributed by atoms with Crippen molar-refractivity contribution in [1.82, 2.24) is 10.1 Å². The number of amides is 1. The highest BCUT2D eigenvalue weighted by molar-refractivity contribution is 5.91. The lowest BCUT2D eigenvalue weighted by Crippen LogP contribution is -2.43. The Hall–Kier alpha value is -2.90. The van der Waals surface area contributed by atoms with E-state index in [4.69, 9.17) is 9.63 Å². The summed E-state index contributed by atoms with van der Waals surface area (Å²) in [5, 5.41) is 22.6. The molecule has 0 aromatic carbocycles.